The highest BCUT2D eigenvalue weighted by Gasteiger charge is 2.58. The zero-order chi connectivity index (χ0) is 23.4. The lowest BCUT2D eigenvalue weighted by atomic mass is 9.95. The van der Waals surface area contributed by atoms with Crippen molar-refractivity contribution in [1.29, 1.82) is 0 Å². The summed E-state index contributed by atoms with van der Waals surface area (Å²) in [5.41, 5.74) is 7.56. The lowest BCUT2D eigenvalue weighted by Gasteiger charge is -2.10. The van der Waals surface area contributed by atoms with Gasteiger partial charge in [0.25, 0.3) is 0 Å². The van der Waals surface area contributed by atoms with Crippen molar-refractivity contribution in [2.75, 3.05) is 6.61 Å². The van der Waals surface area contributed by atoms with Crippen molar-refractivity contribution >= 4 is 0 Å². The van der Waals surface area contributed by atoms with Crippen molar-refractivity contribution in [2.24, 2.45) is 17.3 Å². The molecule has 1 nitrogen and oxygen atoms in total. The van der Waals surface area contributed by atoms with Crippen molar-refractivity contribution in [3.63, 3.8) is 0 Å². The van der Waals surface area contributed by atoms with E-state index in [0.29, 0.717) is 18.4 Å². The molecule has 3 atom stereocenters. The summed E-state index contributed by atoms with van der Waals surface area (Å²) in [5.74, 6) is 0.975. The normalized spacial score (nSPS) is 24.2. The average molecular weight is 427 g/mol. The minimum absolute atomic E-state index is 0.267. The van der Waals surface area contributed by atoms with Crippen LogP contribution in [0.5, 0.6) is 0 Å². The van der Waals surface area contributed by atoms with Crippen LogP contribution in [0.15, 0.2) is 58.2 Å². The van der Waals surface area contributed by atoms with Gasteiger partial charge >= 0.3 is 0 Å². The Balaban J connectivity index is 2.49. The fraction of sp³-hybridized carbons (Fsp3) is 0.667. The summed E-state index contributed by atoms with van der Waals surface area (Å²) in [6, 6.07) is 0. The zero-order valence-corrected chi connectivity index (χ0v) is 21.9. The van der Waals surface area contributed by atoms with Crippen molar-refractivity contribution in [3.8, 4) is 0 Å². The largest absolute Gasteiger partial charge is 0.396 e. The number of hydrogen-bond acceptors (Lipinski definition) is 1. The van der Waals surface area contributed by atoms with E-state index < -0.39 is 0 Å². The third kappa shape index (κ3) is 10.7. The number of aliphatic hydroxyl groups excluding tert-OH is 1. The third-order valence-corrected chi connectivity index (χ3v) is 6.98. The van der Waals surface area contributed by atoms with E-state index in [1.165, 1.54) is 40.7 Å². The van der Waals surface area contributed by atoms with E-state index in [1.54, 1.807) is 0 Å². The molecule has 0 radical (unpaired) electrons. The monoisotopic (exact) mass is 426 g/mol. The fourth-order valence-electron chi connectivity index (χ4n) is 4.63. The summed E-state index contributed by atoms with van der Waals surface area (Å²) in [6.45, 7) is 18.2. The first kappa shape index (κ1) is 27.7. The second kappa shape index (κ2) is 13.9. The van der Waals surface area contributed by atoms with Gasteiger partial charge in [-0.1, -0.05) is 65.2 Å². The maximum absolute atomic E-state index is 9.91. The molecule has 1 rings (SSSR count). The highest BCUT2D eigenvalue weighted by atomic mass is 16.3. The van der Waals surface area contributed by atoms with Gasteiger partial charge in [-0.3, -0.25) is 0 Å². The van der Waals surface area contributed by atoms with Gasteiger partial charge in [-0.15, -0.1) is 0 Å². The standard InChI is InChI=1S/C30H50O/c1-23(2)13-9-15-25(5)17-11-18-27(7)21-28-29(22-31)30(28,8)20-12-19-26(6)16-10-14-24(3)4/h13-14,17,19,21,28-29,31H,9-12,15-16,18,20,22H2,1-8H3/b25-17+,26-19+,27-21+/t28-,29-,30-/m0/s1. The van der Waals surface area contributed by atoms with Crippen LogP contribution in [-0.4, -0.2) is 11.7 Å². The van der Waals surface area contributed by atoms with Crippen LogP contribution in [0, 0.1) is 17.3 Å². The van der Waals surface area contributed by atoms with E-state index in [2.05, 4.69) is 85.8 Å². The Morgan fingerprint density at radius 3 is 1.61 bits per heavy atom. The SMILES string of the molecule is CC(C)=CCC/C(C)=C/CC/C(C)=C/[C@H]1[C@H](CO)[C@@]1(C)CC/C=C(\C)CCC=C(C)C. The summed E-state index contributed by atoms with van der Waals surface area (Å²) in [5, 5.41) is 9.91. The quantitative estimate of drug-likeness (QED) is 0.274. The molecule has 1 fully saturated rings. The lowest BCUT2D eigenvalue weighted by Crippen LogP contribution is -2.01. The second-order valence-electron chi connectivity index (χ2n) is 10.7. The molecule has 176 valence electrons. The minimum atomic E-state index is 0.267. The summed E-state index contributed by atoms with van der Waals surface area (Å²) < 4.78 is 0. The molecule has 1 aliphatic rings. The molecular weight excluding hydrogens is 376 g/mol. The maximum atomic E-state index is 9.91. The third-order valence-electron chi connectivity index (χ3n) is 6.98. The van der Waals surface area contributed by atoms with Gasteiger partial charge < -0.3 is 5.11 Å². The topological polar surface area (TPSA) is 20.2 Å². The summed E-state index contributed by atoms with van der Waals surface area (Å²) in [4.78, 5) is 0. The zero-order valence-electron chi connectivity index (χ0n) is 21.9. The lowest BCUT2D eigenvalue weighted by molar-refractivity contribution is 0.249. The molecule has 0 spiro atoms. The minimum Gasteiger partial charge on any atom is -0.396 e. The number of hydrogen-bond donors (Lipinski definition) is 1. The predicted molar refractivity (Wildman–Crippen MR) is 139 cm³/mol. The van der Waals surface area contributed by atoms with Crippen molar-refractivity contribution < 1.29 is 5.11 Å². The van der Waals surface area contributed by atoms with Crippen LogP contribution in [-0.2, 0) is 0 Å². The molecular formula is C30H50O. The highest BCUT2D eigenvalue weighted by molar-refractivity contribution is 5.20. The molecule has 0 saturated heterocycles. The van der Waals surface area contributed by atoms with Crippen molar-refractivity contribution in [1.82, 2.24) is 0 Å². The molecule has 0 heterocycles. The average Bonchev–Trinajstić information content (AvgIpc) is 3.22. The van der Waals surface area contributed by atoms with Gasteiger partial charge in [-0.2, -0.15) is 0 Å². The summed E-state index contributed by atoms with van der Waals surface area (Å²) in [7, 11) is 0. The Morgan fingerprint density at radius 1 is 0.677 bits per heavy atom. The first-order chi connectivity index (χ1) is 14.6. The van der Waals surface area contributed by atoms with Crippen LogP contribution >= 0.6 is 0 Å². The Bertz CT molecular complexity index is 692. The molecule has 1 N–H and O–H groups in total. The fourth-order valence-corrected chi connectivity index (χ4v) is 4.63. The molecule has 0 unspecified atom stereocenters. The van der Waals surface area contributed by atoms with Crippen LogP contribution in [0.4, 0.5) is 0 Å². The van der Waals surface area contributed by atoms with E-state index in [9.17, 15) is 5.11 Å². The van der Waals surface area contributed by atoms with E-state index >= 15 is 0 Å². The molecule has 0 aromatic heterocycles. The predicted octanol–water partition coefficient (Wildman–Crippen LogP) is 9.12. The van der Waals surface area contributed by atoms with E-state index in [-0.39, 0.29) is 5.41 Å². The molecule has 1 aliphatic carbocycles. The van der Waals surface area contributed by atoms with Crippen LogP contribution in [0.25, 0.3) is 0 Å². The molecule has 1 heteroatoms. The molecule has 0 amide bonds. The number of rotatable bonds is 14. The van der Waals surface area contributed by atoms with Gasteiger partial charge in [0.05, 0.1) is 0 Å². The van der Waals surface area contributed by atoms with Crippen LogP contribution in [0.2, 0.25) is 0 Å². The van der Waals surface area contributed by atoms with Gasteiger partial charge in [0.2, 0.25) is 0 Å². The summed E-state index contributed by atoms with van der Waals surface area (Å²) in [6.07, 6.45) is 21.2. The number of aliphatic hydroxyl groups is 1. The van der Waals surface area contributed by atoms with Crippen LogP contribution < -0.4 is 0 Å². The second-order valence-corrected chi connectivity index (χ2v) is 10.7. The molecule has 0 aromatic carbocycles. The first-order valence-corrected chi connectivity index (χ1v) is 12.5. The smallest absolute Gasteiger partial charge is 0.0470 e. The Hall–Kier alpha value is -1.34. The molecule has 0 aromatic rings. The highest BCUT2D eigenvalue weighted by Crippen LogP contribution is 2.62. The van der Waals surface area contributed by atoms with Crippen LogP contribution in [0.3, 0.4) is 0 Å². The summed E-state index contributed by atoms with van der Waals surface area (Å²) >= 11 is 0. The van der Waals surface area contributed by atoms with E-state index in [0.717, 1.165) is 38.5 Å². The number of allylic oxidation sites excluding steroid dienone is 10. The molecule has 0 bridgehead atoms. The van der Waals surface area contributed by atoms with Gasteiger partial charge in [0.1, 0.15) is 0 Å². The van der Waals surface area contributed by atoms with Gasteiger partial charge in [0, 0.05) is 6.61 Å². The van der Waals surface area contributed by atoms with Gasteiger partial charge in [-0.25, -0.2) is 0 Å². The maximum Gasteiger partial charge on any atom is 0.0470 e. The molecule has 0 aliphatic heterocycles. The molecule has 31 heavy (non-hydrogen) atoms. The van der Waals surface area contributed by atoms with Gasteiger partial charge in [-0.05, 0) is 117 Å². The molecule has 1 saturated carbocycles. The first-order valence-electron chi connectivity index (χ1n) is 12.5. The Labute approximate surface area is 194 Å². The van der Waals surface area contributed by atoms with Gasteiger partial charge in [0.15, 0.2) is 0 Å². The van der Waals surface area contributed by atoms with Crippen molar-refractivity contribution in [2.45, 2.75) is 107 Å². The Morgan fingerprint density at radius 2 is 1.13 bits per heavy atom. The van der Waals surface area contributed by atoms with Crippen LogP contribution in [0.1, 0.15) is 107 Å². The van der Waals surface area contributed by atoms with E-state index in [1.807, 2.05) is 0 Å². The van der Waals surface area contributed by atoms with Crippen molar-refractivity contribution in [3.05, 3.63) is 58.2 Å². The Kier molecular flexibility index (Phi) is 12.5. The van der Waals surface area contributed by atoms with E-state index in [4.69, 9.17) is 0 Å².